The number of ketones is 1. The monoisotopic (exact) mass is 480 g/mol. The number of hydrogen-bond acceptors (Lipinski definition) is 4. The third-order valence-electron chi connectivity index (χ3n) is 5.58. The van der Waals surface area contributed by atoms with Gasteiger partial charge >= 0.3 is 6.18 Å². The van der Waals surface area contributed by atoms with E-state index in [0.29, 0.717) is 23.6 Å². The van der Waals surface area contributed by atoms with Gasteiger partial charge in [0, 0.05) is 24.5 Å². The van der Waals surface area contributed by atoms with Crippen LogP contribution < -0.4 is 10.6 Å². The number of aromatic nitrogens is 2. The first-order chi connectivity index (χ1) is 16.6. The average Bonchev–Trinajstić information content (AvgIpc) is 3.23. The third-order valence-corrected chi connectivity index (χ3v) is 5.58. The predicted octanol–water partition coefficient (Wildman–Crippen LogP) is 5.89. The van der Waals surface area contributed by atoms with Gasteiger partial charge in [-0.05, 0) is 53.9 Å². The molecule has 1 amide bonds. The molecule has 0 aliphatic rings. The summed E-state index contributed by atoms with van der Waals surface area (Å²) in [6, 6.07) is 13.8. The summed E-state index contributed by atoms with van der Waals surface area (Å²) >= 11 is 0. The van der Waals surface area contributed by atoms with E-state index in [1.165, 1.54) is 19.1 Å². The van der Waals surface area contributed by atoms with Gasteiger partial charge in [0.25, 0.3) is 0 Å². The number of aryl methyl sites for hydroxylation is 1. The number of Topliss-reactive ketones (excluding diaryl/α,β-unsaturated/α-hetero) is 1. The minimum Gasteiger partial charge on any atom is -0.380 e. The quantitative estimate of drug-likeness (QED) is 0.288. The number of nitrogens with one attached hydrogen (secondary N) is 3. The van der Waals surface area contributed by atoms with Gasteiger partial charge in [0.15, 0.2) is 5.78 Å². The van der Waals surface area contributed by atoms with Crippen LogP contribution in [0.5, 0.6) is 0 Å². The number of rotatable bonds is 7. The minimum atomic E-state index is -4.46. The number of nitrogens with zero attached hydrogens (tertiary/aromatic N) is 1. The van der Waals surface area contributed by atoms with Crippen molar-refractivity contribution in [2.24, 2.45) is 0 Å². The SMILES string of the molecule is CC(=O)c1cc2cc(NCc3cc(NC(=O)Cc4cccc(C(F)(F)F)c4)ccc3C)cnc2[nH]1. The fourth-order valence-electron chi connectivity index (χ4n) is 3.69. The molecule has 0 aliphatic carbocycles. The lowest BCUT2D eigenvalue weighted by Gasteiger charge is -2.13. The molecular formula is C26H23F3N4O2. The molecule has 4 rings (SSSR count). The molecule has 6 nitrogen and oxygen atoms in total. The van der Waals surface area contributed by atoms with E-state index in [1.807, 2.05) is 25.1 Å². The second kappa shape index (κ2) is 9.61. The summed E-state index contributed by atoms with van der Waals surface area (Å²) in [4.78, 5) is 31.3. The zero-order valence-electron chi connectivity index (χ0n) is 19.1. The minimum absolute atomic E-state index is 0.0694. The maximum atomic E-state index is 12.9. The lowest BCUT2D eigenvalue weighted by molar-refractivity contribution is -0.137. The van der Waals surface area contributed by atoms with Gasteiger partial charge in [-0.3, -0.25) is 9.59 Å². The Morgan fingerprint density at radius 1 is 1.03 bits per heavy atom. The zero-order chi connectivity index (χ0) is 25.2. The van der Waals surface area contributed by atoms with Gasteiger partial charge in [0.2, 0.25) is 5.91 Å². The van der Waals surface area contributed by atoms with E-state index in [9.17, 15) is 22.8 Å². The van der Waals surface area contributed by atoms with E-state index in [2.05, 4.69) is 20.6 Å². The van der Waals surface area contributed by atoms with Crippen LogP contribution in [0.25, 0.3) is 11.0 Å². The van der Waals surface area contributed by atoms with E-state index >= 15 is 0 Å². The van der Waals surface area contributed by atoms with E-state index in [0.717, 1.165) is 34.3 Å². The molecule has 0 aliphatic heterocycles. The fourth-order valence-corrected chi connectivity index (χ4v) is 3.69. The molecule has 0 atom stereocenters. The van der Waals surface area contributed by atoms with Crippen LogP contribution in [-0.4, -0.2) is 21.7 Å². The summed E-state index contributed by atoms with van der Waals surface area (Å²) in [5.41, 5.74) is 3.88. The number of amides is 1. The Balaban J connectivity index is 1.42. The summed E-state index contributed by atoms with van der Waals surface area (Å²) in [6.45, 7) is 3.89. The van der Waals surface area contributed by atoms with Crippen molar-refractivity contribution in [3.05, 3.63) is 88.7 Å². The Labute approximate surface area is 199 Å². The van der Waals surface area contributed by atoms with Gasteiger partial charge < -0.3 is 15.6 Å². The smallest absolute Gasteiger partial charge is 0.380 e. The van der Waals surface area contributed by atoms with Crippen molar-refractivity contribution in [3.63, 3.8) is 0 Å². The Bertz CT molecular complexity index is 1410. The highest BCUT2D eigenvalue weighted by Gasteiger charge is 2.30. The maximum absolute atomic E-state index is 12.9. The Morgan fingerprint density at radius 3 is 2.57 bits per heavy atom. The van der Waals surface area contributed by atoms with Crippen LogP contribution in [0.2, 0.25) is 0 Å². The third kappa shape index (κ3) is 5.87. The number of anilines is 2. The fraction of sp³-hybridized carbons (Fsp3) is 0.192. The number of carbonyl (C=O) groups excluding carboxylic acids is 2. The number of carbonyl (C=O) groups is 2. The van der Waals surface area contributed by atoms with E-state index < -0.39 is 17.6 Å². The van der Waals surface area contributed by atoms with Crippen molar-refractivity contribution in [1.29, 1.82) is 0 Å². The molecule has 35 heavy (non-hydrogen) atoms. The maximum Gasteiger partial charge on any atom is 0.416 e. The number of H-pyrrole nitrogens is 1. The standard InChI is InChI=1S/C26H23F3N4O2/c1-15-6-7-21(32-24(35)9-17-4-3-5-20(8-17)26(27,28)29)11-19(15)13-30-22-10-18-12-23(16(2)34)33-25(18)31-14-22/h3-8,10-12,14,30H,9,13H2,1-2H3,(H,31,33)(H,32,35). The normalized spacial score (nSPS) is 11.5. The van der Waals surface area contributed by atoms with Crippen molar-refractivity contribution >= 4 is 34.1 Å². The molecule has 0 fully saturated rings. The number of hydrogen-bond donors (Lipinski definition) is 3. The first kappa shape index (κ1) is 24.0. The Kier molecular flexibility index (Phi) is 6.59. The number of benzene rings is 2. The van der Waals surface area contributed by atoms with Crippen LogP contribution >= 0.6 is 0 Å². The zero-order valence-corrected chi connectivity index (χ0v) is 19.1. The number of aromatic amines is 1. The van der Waals surface area contributed by atoms with Gasteiger partial charge in [-0.2, -0.15) is 13.2 Å². The van der Waals surface area contributed by atoms with Crippen LogP contribution in [0.15, 0.2) is 60.8 Å². The van der Waals surface area contributed by atoms with Gasteiger partial charge in [-0.1, -0.05) is 24.3 Å². The summed E-state index contributed by atoms with van der Waals surface area (Å²) in [7, 11) is 0. The van der Waals surface area contributed by atoms with Gasteiger partial charge in [0.1, 0.15) is 5.65 Å². The molecule has 0 unspecified atom stereocenters. The Hall–Kier alpha value is -4.14. The molecule has 4 aromatic rings. The summed E-state index contributed by atoms with van der Waals surface area (Å²) in [5, 5.41) is 6.86. The molecule has 180 valence electrons. The number of alkyl halides is 3. The summed E-state index contributed by atoms with van der Waals surface area (Å²) in [6.07, 6.45) is -2.96. The molecule has 0 bridgehead atoms. The highest BCUT2D eigenvalue weighted by molar-refractivity contribution is 5.97. The first-order valence-corrected chi connectivity index (χ1v) is 10.9. The van der Waals surface area contributed by atoms with Crippen molar-refractivity contribution in [2.45, 2.75) is 33.0 Å². The summed E-state index contributed by atoms with van der Waals surface area (Å²) in [5.74, 6) is -0.476. The van der Waals surface area contributed by atoms with Gasteiger partial charge in [0.05, 0.1) is 29.6 Å². The van der Waals surface area contributed by atoms with E-state index in [4.69, 9.17) is 0 Å². The molecular weight excluding hydrogens is 457 g/mol. The summed E-state index contributed by atoms with van der Waals surface area (Å²) < 4.78 is 38.7. The van der Waals surface area contributed by atoms with Crippen LogP contribution in [0.4, 0.5) is 24.5 Å². The largest absolute Gasteiger partial charge is 0.416 e. The lowest BCUT2D eigenvalue weighted by atomic mass is 10.1. The number of fused-ring (bicyclic) bond motifs is 1. The second-order valence-corrected chi connectivity index (χ2v) is 8.32. The lowest BCUT2D eigenvalue weighted by Crippen LogP contribution is -2.15. The van der Waals surface area contributed by atoms with Crippen molar-refractivity contribution in [1.82, 2.24) is 9.97 Å². The van der Waals surface area contributed by atoms with Gasteiger partial charge in [-0.15, -0.1) is 0 Å². The molecule has 0 saturated heterocycles. The highest BCUT2D eigenvalue weighted by Crippen LogP contribution is 2.29. The Morgan fingerprint density at radius 2 is 1.83 bits per heavy atom. The average molecular weight is 480 g/mol. The number of halogens is 3. The van der Waals surface area contributed by atoms with Crippen molar-refractivity contribution < 1.29 is 22.8 Å². The number of pyridine rings is 1. The molecule has 9 heteroatoms. The molecule has 3 N–H and O–H groups in total. The molecule has 0 spiro atoms. The molecule has 2 aromatic heterocycles. The molecule has 2 heterocycles. The molecule has 2 aromatic carbocycles. The van der Waals surface area contributed by atoms with E-state index in [-0.39, 0.29) is 17.8 Å². The molecule has 0 saturated carbocycles. The van der Waals surface area contributed by atoms with E-state index in [1.54, 1.807) is 18.3 Å². The van der Waals surface area contributed by atoms with Crippen LogP contribution in [0.3, 0.4) is 0 Å². The van der Waals surface area contributed by atoms with Crippen LogP contribution in [-0.2, 0) is 23.9 Å². The first-order valence-electron chi connectivity index (χ1n) is 10.9. The van der Waals surface area contributed by atoms with Crippen molar-refractivity contribution in [2.75, 3.05) is 10.6 Å². The van der Waals surface area contributed by atoms with Crippen LogP contribution in [0.1, 0.15) is 39.7 Å². The highest BCUT2D eigenvalue weighted by atomic mass is 19.4. The van der Waals surface area contributed by atoms with Gasteiger partial charge in [-0.25, -0.2) is 4.98 Å². The second-order valence-electron chi connectivity index (χ2n) is 8.32. The van der Waals surface area contributed by atoms with Crippen molar-refractivity contribution in [3.8, 4) is 0 Å². The predicted molar refractivity (Wildman–Crippen MR) is 128 cm³/mol. The molecule has 0 radical (unpaired) electrons. The van der Waals surface area contributed by atoms with Crippen LogP contribution in [0, 0.1) is 6.92 Å². The topological polar surface area (TPSA) is 86.9 Å².